The highest BCUT2D eigenvalue weighted by Gasteiger charge is 2.12. The summed E-state index contributed by atoms with van der Waals surface area (Å²) >= 11 is 0. The molecule has 21 heavy (non-hydrogen) atoms. The van der Waals surface area contributed by atoms with E-state index in [1.165, 1.54) is 0 Å². The van der Waals surface area contributed by atoms with Crippen LogP contribution in [0.15, 0.2) is 12.1 Å². The predicted octanol–water partition coefficient (Wildman–Crippen LogP) is 2.47. The second-order valence-corrected chi connectivity index (χ2v) is 3.83. The van der Waals surface area contributed by atoms with Crippen molar-refractivity contribution in [1.82, 2.24) is 15.0 Å². The minimum absolute atomic E-state index is 0.00297. The fourth-order valence-corrected chi connectivity index (χ4v) is 1.47. The van der Waals surface area contributed by atoms with Crippen molar-refractivity contribution in [3.8, 4) is 6.01 Å². The summed E-state index contributed by atoms with van der Waals surface area (Å²) in [4.78, 5) is 11.8. The van der Waals surface area contributed by atoms with E-state index in [1.54, 1.807) is 14.0 Å². The summed E-state index contributed by atoms with van der Waals surface area (Å²) in [6.45, 7) is 2.09. The molecule has 0 amide bonds. The van der Waals surface area contributed by atoms with E-state index in [9.17, 15) is 13.2 Å². The highest BCUT2D eigenvalue weighted by molar-refractivity contribution is 5.54. The van der Waals surface area contributed by atoms with Gasteiger partial charge in [-0.15, -0.1) is 0 Å². The summed E-state index contributed by atoms with van der Waals surface area (Å²) in [6.07, 6.45) is 0. The molecule has 9 heteroatoms. The SMILES string of the molecule is CCOc1nc(NC)nc(Nc2cc(F)c(F)c(F)c2)n1. The van der Waals surface area contributed by atoms with E-state index in [0.717, 1.165) is 12.1 Å². The Morgan fingerprint density at radius 2 is 1.67 bits per heavy atom. The quantitative estimate of drug-likeness (QED) is 0.826. The summed E-state index contributed by atoms with van der Waals surface area (Å²) in [5, 5.41) is 5.25. The van der Waals surface area contributed by atoms with Crippen LogP contribution in [0.3, 0.4) is 0 Å². The number of halogens is 3. The van der Waals surface area contributed by atoms with Crippen LogP contribution in [0.25, 0.3) is 0 Å². The van der Waals surface area contributed by atoms with Crippen molar-refractivity contribution in [1.29, 1.82) is 0 Å². The fraction of sp³-hybridized carbons (Fsp3) is 0.250. The number of nitrogens with one attached hydrogen (secondary N) is 2. The number of aromatic nitrogens is 3. The number of ether oxygens (including phenoxy) is 1. The van der Waals surface area contributed by atoms with Gasteiger partial charge in [0.2, 0.25) is 11.9 Å². The maximum Gasteiger partial charge on any atom is 0.323 e. The van der Waals surface area contributed by atoms with E-state index in [4.69, 9.17) is 4.74 Å². The summed E-state index contributed by atoms with van der Waals surface area (Å²) in [7, 11) is 1.59. The van der Waals surface area contributed by atoms with E-state index < -0.39 is 17.5 Å². The summed E-state index contributed by atoms with van der Waals surface area (Å²) in [5.74, 6) is -3.96. The molecular weight excluding hydrogens is 287 g/mol. The van der Waals surface area contributed by atoms with Crippen LogP contribution in [0.4, 0.5) is 30.8 Å². The molecule has 0 spiro atoms. The normalized spacial score (nSPS) is 10.3. The first-order valence-electron chi connectivity index (χ1n) is 6.01. The second-order valence-electron chi connectivity index (χ2n) is 3.83. The molecule has 0 aliphatic rings. The summed E-state index contributed by atoms with van der Waals surface area (Å²) in [5.41, 5.74) is -0.0397. The highest BCUT2D eigenvalue weighted by atomic mass is 19.2. The molecule has 0 aliphatic heterocycles. The Morgan fingerprint density at radius 1 is 1.05 bits per heavy atom. The lowest BCUT2D eigenvalue weighted by atomic mass is 10.3. The first-order valence-corrected chi connectivity index (χ1v) is 6.01. The maximum absolute atomic E-state index is 13.1. The van der Waals surface area contributed by atoms with Crippen LogP contribution in [0.5, 0.6) is 6.01 Å². The van der Waals surface area contributed by atoms with E-state index >= 15 is 0 Å². The van der Waals surface area contributed by atoms with Crippen molar-refractivity contribution < 1.29 is 17.9 Å². The molecule has 1 heterocycles. The molecule has 0 atom stereocenters. The van der Waals surface area contributed by atoms with Crippen molar-refractivity contribution in [2.24, 2.45) is 0 Å². The van der Waals surface area contributed by atoms with Crippen molar-refractivity contribution in [2.75, 3.05) is 24.3 Å². The first-order chi connectivity index (χ1) is 10.0. The smallest absolute Gasteiger partial charge is 0.323 e. The number of nitrogens with zero attached hydrogens (tertiary/aromatic N) is 3. The molecule has 2 aromatic rings. The minimum atomic E-state index is -1.54. The molecule has 0 fully saturated rings. The van der Waals surface area contributed by atoms with E-state index in [2.05, 4.69) is 25.6 Å². The first kappa shape index (κ1) is 14.8. The Kier molecular flexibility index (Phi) is 4.41. The van der Waals surface area contributed by atoms with Gasteiger partial charge in [-0.2, -0.15) is 15.0 Å². The molecule has 1 aromatic carbocycles. The van der Waals surface area contributed by atoms with Crippen LogP contribution >= 0.6 is 0 Å². The van der Waals surface area contributed by atoms with E-state index in [-0.39, 0.29) is 23.6 Å². The molecule has 0 saturated carbocycles. The number of anilines is 3. The van der Waals surface area contributed by atoms with E-state index in [1.807, 2.05) is 0 Å². The third kappa shape index (κ3) is 3.50. The van der Waals surface area contributed by atoms with Gasteiger partial charge in [0.25, 0.3) is 0 Å². The van der Waals surface area contributed by atoms with Crippen molar-refractivity contribution in [3.05, 3.63) is 29.6 Å². The third-order valence-electron chi connectivity index (χ3n) is 2.35. The van der Waals surface area contributed by atoms with Gasteiger partial charge in [-0.3, -0.25) is 0 Å². The lowest BCUT2D eigenvalue weighted by Gasteiger charge is -2.09. The van der Waals surface area contributed by atoms with E-state index in [0.29, 0.717) is 6.61 Å². The Hall–Kier alpha value is -2.58. The molecule has 0 saturated heterocycles. The van der Waals surface area contributed by atoms with Gasteiger partial charge < -0.3 is 15.4 Å². The molecule has 2 rings (SSSR count). The molecular formula is C12H12F3N5O. The van der Waals surface area contributed by atoms with Gasteiger partial charge in [-0.25, -0.2) is 13.2 Å². The Labute approximate surface area is 118 Å². The lowest BCUT2D eigenvalue weighted by Crippen LogP contribution is -2.07. The highest BCUT2D eigenvalue weighted by Crippen LogP contribution is 2.21. The van der Waals surface area contributed by atoms with Gasteiger partial charge in [-0.1, -0.05) is 0 Å². The zero-order valence-electron chi connectivity index (χ0n) is 11.2. The van der Waals surface area contributed by atoms with Gasteiger partial charge in [0.1, 0.15) is 0 Å². The van der Waals surface area contributed by atoms with Crippen LogP contribution in [0.1, 0.15) is 6.92 Å². The van der Waals surface area contributed by atoms with Crippen LogP contribution in [0, 0.1) is 17.5 Å². The predicted molar refractivity (Wildman–Crippen MR) is 70.1 cm³/mol. The molecule has 0 unspecified atom stereocenters. The monoisotopic (exact) mass is 299 g/mol. The average Bonchev–Trinajstić information content (AvgIpc) is 2.44. The minimum Gasteiger partial charge on any atom is -0.464 e. The standard InChI is InChI=1S/C12H12F3N5O/c1-3-21-12-19-10(16-2)18-11(20-12)17-6-4-7(13)9(15)8(14)5-6/h4-5H,3H2,1-2H3,(H2,16,17,18,19,20). The number of hydrogen-bond acceptors (Lipinski definition) is 6. The average molecular weight is 299 g/mol. The van der Waals surface area contributed by atoms with Crippen LogP contribution in [0.2, 0.25) is 0 Å². The lowest BCUT2D eigenvalue weighted by molar-refractivity contribution is 0.312. The van der Waals surface area contributed by atoms with Crippen molar-refractivity contribution in [3.63, 3.8) is 0 Å². The van der Waals surface area contributed by atoms with Crippen LogP contribution < -0.4 is 15.4 Å². The number of rotatable bonds is 5. The zero-order chi connectivity index (χ0) is 15.4. The molecule has 2 N–H and O–H groups in total. The zero-order valence-corrected chi connectivity index (χ0v) is 11.2. The van der Waals surface area contributed by atoms with Crippen LogP contribution in [-0.2, 0) is 0 Å². The van der Waals surface area contributed by atoms with Gasteiger partial charge in [0.05, 0.1) is 6.61 Å². The Balaban J connectivity index is 2.32. The van der Waals surface area contributed by atoms with Gasteiger partial charge >= 0.3 is 6.01 Å². The van der Waals surface area contributed by atoms with Crippen LogP contribution in [-0.4, -0.2) is 28.6 Å². The maximum atomic E-state index is 13.1. The van der Waals surface area contributed by atoms with Crippen molar-refractivity contribution >= 4 is 17.6 Å². The molecule has 0 aliphatic carbocycles. The second kappa shape index (κ2) is 6.25. The molecule has 0 radical (unpaired) electrons. The molecule has 0 bridgehead atoms. The fourth-order valence-electron chi connectivity index (χ4n) is 1.47. The summed E-state index contributed by atoms with van der Waals surface area (Å²) < 4.78 is 44.3. The Morgan fingerprint density at radius 3 is 2.24 bits per heavy atom. The Bertz CT molecular complexity index is 630. The molecule has 6 nitrogen and oxygen atoms in total. The van der Waals surface area contributed by atoms with Gasteiger partial charge in [0, 0.05) is 24.9 Å². The number of hydrogen-bond donors (Lipinski definition) is 2. The van der Waals surface area contributed by atoms with Crippen molar-refractivity contribution in [2.45, 2.75) is 6.92 Å². The third-order valence-corrected chi connectivity index (χ3v) is 2.35. The van der Waals surface area contributed by atoms with Gasteiger partial charge in [-0.05, 0) is 6.92 Å². The largest absolute Gasteiger partial charge is 0.464 e. The van der Waals surface area contributed by atoms with Gasteiger partial charge in [0.15, 0.2) is 17.5 Å². The number of benzene rings is 1. The molecule has 112 valence electrons. The molecule has 1 aromatic heterocycles. The topological polar surface area (TPSA) is 72.0 Å². The summed E-state index contributed by atoms with van der Waals surface area (Å²) in [6, 6.07) is 1.63.